The van der Waals surface area contributed by atoms with Crippen LogP contribution >= 0.6 is 0 Å². The molecule has 0 saturated carbocycles. The number of ether oxygens (including phenoxy) is 2. The molecule has 6 nitrogen and oxygen atoms in total. The zero-order valence-electron chi connectivity index (χ0n) is 12.4. The Kier molecular flexibility index (Phi) is 6.17. The Morgan fingerprint density at radius 2 is 1.86 bits per heavy atom. The molecule has 0 radical (unpaired) electrons. The van der Waals surface area contributed by atoms with Crippen molar-refractivity contribution in [3.63, 3.8) is 0 Å². The molecule has 0 aliphatic carbocycles. The van der Waals surface area contributed by atoms with Crippen LogP contribution in [-0.4, -0.2) is 30.3 Å². The highest BCUT2D eigenvalue weighted by atomic mass is 16.5. The lowest BCUT2D eigenvalue weighted by molar-refractivity contribution is -0.309. The van der Waals surface area contributed by atoms with Gasteiger partial charge in [-0.1, -0.05) is 30.3 Å². The molecule has 1 rings (SSSR count). The second-order valence-electron chi connectivity index (χ2n) is 5.50. The lowest BCUT2D eigenvalue weighted by Crippen LogP contribution is -2.51. The Labute approximate surface area is 124 Å². The summed E-state index contributed by atoms with van der Waals surface area (Å²) in [5.74, 6) is -1.42. The highest BCUT2D eigenvalue weighted by molar-refractivity contribution is 5.78. The Morgan fingerprint density at radius 3 is 2.38 bits per heavy atom. The Balaban J connectivity index is 2.43. The van der Waals surface area contributed by atoms with E-state index in [1.807, 2.05) is 18.2 Å². The molecule has 0 saturated heterocycles. The first-order chi connectivity index (χ1) is 9.78. The van der Waals surface area contributed by atoms with Crippen molar-refractivity contribution in [3.05, 3.63) is 35.9 Å². The van der Waals surface area contributed by atoms with Gasteiger partial charge < -0.3 is 24.7 Å². The number of nitrogens with one attached hydrogen (secondary N) is 1. The molecule has 1 aromatic rings. The van der Waals surface area contributed by atoms with Crippen molar-refractivity contribution < 1.29 is 24.2 Å². The van der Waals surface area contributed by atoms with E-state index >= 15 is 0 Å². The SMILES string of the molecule is CC(C)(C)OCC(NC(=O)OCc1ccccc1)C(=O)[O-]. The third-order valence-electron chi connectivity index (χ3n) is 2.47. The zero-order valence-corrected chi connectivity index (χ0v) is 12.4. The zero-order chi connectivity index (χ0) is 15.9. The topological polar surface area (TPSA) is 87.7 Å². The van der Waals surface area contributed by atoms with E-state index in [1.165, 1.54) is 0 Å². The summed E-state index contributed by atoms with van der Waals surface area (Å²) < 4.78 is 10.3. The van der Waals surface area contributed by atoms with Gasteiger partial charge in [0.05, 0.1) is 24.2 Å². The highest BCUT2D eigenvalue weighted by Gasteiger charge is 2.18. The number of carboxylic acid groups (broad SMARTS) is 1. The molecule has 21 heavy (non-hydrogen) atoms. The van der Waals surface area contributed by atoms with E-state index < -0.39 is 23.7 Å². The number of hydrogen-bond acceptors (Lipinski definition) is 5. The Bertz CT molecular complexity index is 467. The molecule has 1 N–H and O–H groups in total. The monoisotopic (exact) mass is 294 g/mol. The van der Waals surface area contributed by atoms with Crippen LogP contribution in [0.4, 0.5) is 4.79 Å². The van der Waals surface area contributed by atoms with Crippen molar-refractivity contribution in [1.29, 1.82) is 0 Å². The smallest absolute Gasteiger partial charge is 0.408 e. The summed E-state index contributed by atoms with van der Waals surface area (Å²) in [5, 5.41) is 13.2. The molecule has 0 aliphatic heterocycles. The number of amides is 1. The first-order valence-electron chi connectivity index (χ1n) is 6.60. The normalized spacial score (nSPS) is 12.5. The second kappa shape index (κ2) is 7.64. The average Bonchev–Trinajstić information content (AvgIpc) is 2.41. The number of carbonyl (C=O) groups excluding carboxylic acids is 2. The average molecular weight is 294 g/mol. The number of alkyl carbamates (subject to hydrolysis) is 1. The van der Waals surface area contributed by atoms with Crippen molar-refractivity contribution in [2.45, 2.75) is 39.0 Å². The third kappa shape index (κ3) is 7.31. The van der Waals surface area contributed by atoms with Gasteiger partial charge in [0.15, 0.2) is 0 Å². The van der Waals surface area contributed by atoms with Crippen LogP contribution in [0.3, 0.4) is 0 Å². The molecular formula is C15H20NO5-. The van der Waals surface area contributed by atoms with Gasteiger partial charge >= 0.3 is 6.09 Å². The molecule has 0 aromatic heterocycles. The molecule has 0 bridgehead atoms. The van der Waals surface area contributed by atoms with Crippen molar-refractivity contribution in [1.82, 2.24) is 5.32 Å². The highest BCUT2D eigenvalue weighted by Crippen LogP contribution is 2.07. The summed E-state index contributed by atoms with van der Waals surface area (Å²) in [6.45, 7) is 5.23. The summed E-state index contributed by atoms with van der Waals surface area (Å²) in [7, 11) is 0. The molecule has 0 aliphatic rings. The number of carboxylic acids is 1. The Morgan fingerprint density at radius 1 is 1.24 bits per heavy atom. The number of aliphatic carboxylic acids is 1. The standard InChI is InChI=1S/C15H21NO5/c1-15(2,3)21-10-12(13(17)18)16-14(19)20-9-11-7-5-4-6-8-11/h4-8,12H,9-10H2,1-3H3,(H,16,19)(H,17,18)/p-1. The summed E-state index contributed by atoms with van der Waals surface area (Å²) in [5.41, 5.74) is 0.298. The van der Waals surface area contributed by atoms with Gasteiger partial charge in [0.25, 0.3) is 0 Å². The fraction of sp³-hybridized carbons (Fsp3) is 0.467. The lowest BCUT2D eigenvalue weighted by Gasteiger charge is -2.25. The number of benzene rings is 1. The molecule has 1 unspecified atom stereocenters. The van der Waals surface area contributed by atoms with E-state index in [-0.39, 0.29) is 13.2 Å². The van der Waals surface area contributed by atoms with Gasteiger partial charge in [0, 0.05) is 0 Å². The quantitative estimate of drug-likeness (QED) is 0.840. The predicted octanol–water partition coefficient (Wildman–Crippen LogP) is 0.846. The van der Waals surface area contributed by atoms with Crippen LogP contribution in [0.25, 0.3) is 0 Å². The fourth-order valence-electron chi connectivity index (χ4n) is 1.41. The van der Waals surface area contributed by atoms with Crippen LogP contribution in [0.15, 0.2) is 30.3 Å². The minimum Gasteiger partial charge on any atom is -0.548 e. The number of carbonyl (C=O) groups is 2. The summed E-state index contributed by atoms with van der Waals surface area (Å²) >= 11 is 0. The van der Waals surface area contributed by atoms with Gasteiger partial charge in [-0.3, -0.25) is 0 Å². The molecule has 0 heterocycles. The second-order valence-corrected chi connectivity index (χ2v) is 5.50. The molecular weight excluding hydrogens is 274 g/mol. The van der Waals surface area contributed by atoms with Crippen LogP contribution in [0.1, 0.15) is 26.3 Å². The van der Waals surface area contributed by atoms with Gasteiger partial charge in [-0.25, -0.2) is 4.79 Å². The number of hydrogen-bond donors (Lipinski definition) is 1. The van der Waals surface area contributed by atoms with Crippen LogP contribution in [0.2, 0.25) is 0 Å². The van der Waals surface area contributed by atoms with Gasteiger partial charge in [-0.05, 0) is 26.3 Å². The van der Waals surface area contributed by atoms with E-state index in [0.29, 0.717) is 0 Å². The Hall–Kier alpha value is -2.08. The first-order valence-corrected chi connectivity index (χ1v) is 6.60. The summed E-state index contributed by atoms with van der Waals surface area (Å²) in [6.07, 6.45) is -0.828. The van der Waals surface area contributed by atoms with Gasteiger partial charge in [-0.15, -0.1) is 0 Å². The largest absolute Gasteiger partial charge is 0.548 e. The molecule has 1 amide bonds. The lowest BCUT2D eigenvalue weighted by atomic mass is 10.2. The predicted molar refractivity (Wildman–Crippen MR) is 74.3 cm³/mol. The van der Waals surface area contributed by atoms with E-state index in [9.17, 15) is 14.7 Å². The summed E-state index contributed by atoms with van der Waals surface area (Å²) in [4.78, 5) is 22.5. The maximum absolute atomic E-state index is 11.6. The van der Waals surface area contributed by atoms with Crippen molar-refractivity contribution in [2.24, 2.45) is 0 Å². The molecule has 1 aromatic carbocycles. The third-order valence-corrected chi connectivity index (χ3v) is 2.47. The molecule has 116 valence electrons. The molecule has 6 heteroatoms. The maximum Gasteiger partial charge on any atom is 0.408 e. The minimum absolute atomic E-state index is 0.0621. The van der Waals surface area contributed by atoms with Crippen molar-refractivity contribution in [2.75, 3.05) is 6.61 Å². The van der Waals surface area contributed by atoms with E-state index in [4.69, 9.17) is 9.47 Å². The molecule has 0 fully saturated rings. The first kappa shape index (κ1) is 17.0. The van der Waals surface area contributed by atoms with Gasteiger partial charge in [-0.2, -0.15) is 0 Å². The molecule has 1 atom stereocenters. The van der Waals surface area contributed by atoms with Crippen LogP contribution in [0.5, 0.6) is 0 Å². The maximum atomic E-state index is 11.6. The van der Waals surface area contributed by atoms with Crippen LogP contribution < -0.4 is 10.4 Å². The van der Waals surface area contributed by atoms with Crippen molar-refractivity contribution >= 4 is 12.1 Å². The van der Waals surface area contributed by atoms with Crippen LogP contribution in [-0.2, 0) is 20.9 Å². The molecule has 0 spiro atoms. The van der Waals surface area contributed by atoms with E-state index in [1.54, 1.807) is 32.9 Å². The minimum atomic E-state index is -1.42. The van der Waals surface area contributed by atoms with Crippen LogP contribution in [0, 0.1) is 0 Å². The van der Waals surface area contributed by atoms with Crippen molar-refractivity contribution in [3.8, 4) is 0 Å². The van der Waals surface area contributed by atoms with Gasteiger partial charge in [0.1, 0.15) is 6.61 Å². The van der Waals surface area contributed by atoms with Gasteiger partial charge in [0.2, 0.25) is 0 Å². The van der Waals surface area contributed by atoms with E-state index in [2.05, 4.69) is 5.32 Å². The van der Waals surface area contributed by atoms with E-state index in [0.717, 1.165) is 5.56 Å². The number of rotatable bonds is 6. The fourth-order valence-corrected chi connectivity index (χ4v) is 1.41. The summed E-state index contributed by atoms with van der Waals surface area (Å²) in [6, 6.07) is 7.82.